The molecule has 3 nitrogen and oxygen atoms in total. The molecular weight excluding hydrogens is 214 g/mol. The molecule has 0 aliphatic heterocycles. The molecule has 3 heteroatoms. The van der Waals surface area contributed by atoms with Crippen molar-refractivity contribution in [3.8, 4) is 6.07 Å². The van der Waals surface area contributed by atoms with E-state index in [-0.39, 0.29) is 5.56 Å². The average molecular weight is 225 g/mol. The molecule has 0 saturated carbocycles. The summed E-state index contributed by atoms with van der Waals surface area (Å²) in [4.78, 5) is 11.3. The van der Waals surface area contributed by atoms with Gasteiger partial charge in [-0.25, -0.2) is 4.79 Å². The molecule has 0 radical (unpaired) electrons. The molecule has 0 spiro atoms. The minimum atomic E-state index is -0.991. The molecule has 84 valence electrons. The van der Waals surface area contributed by atoms with E-state index < -0.39 is 5.97 Å². The number of carboxylic acid groups (broad SMARTS) is 1. The Morgan fingerprint density at radius 1 is 1.18 bits per heavy atom. The monoisotopic (exact) mass is 225 g/mol. The molecule has 0 unspecified atom stereocenters. The van der Waals surface area contributed by atoms with E-state index in [9.17, 15) is 9.90 Å². The van der Waals surface area contributed by atoms with Gasteiger partial charge in [-0.2, -0.15) is 5.26 Å². The maximum atomic E-state index is 11.3. The van der Waals surface area contributed by atoms with Crippen LogP contribution in [0.2, 0.25) is 0 Å². The summed E-state index contributed by atoms with van der Waals surface area (Å²) in [5, 5.41) is 19.9. The second-order valence-electron chi connectivity index (χ2n) is 3.96. The number of nitriles is 1. The summed E-state index contributed by atoms with van der Waals surface area (Å²) >= 11 is 0. The molecule has 1 N–H and O–H groups in total. The van der Waals surface area contributed by atoms with Gasteiger partial charge in [-0.15, -0.1) is 0 Å². The second kappa shape index (κ2) is 3.91. The highest BCUT2D eigenvalue weighted by atomic mass is 16.4. The highest BCUT2D eigenvalue weighted by Crippen LogP contribution is 2.29. The van der Waals surface area contributed by atoms with Crippen LogP contribution in [-0.4, -0.2) is 11.1 Å². The van der Waals surface area contributed by atoms with Crippen LogP contribution in [0.1, 0.15) is 27.0 Å². The van der Waals surface area contributed by atoms with Gasteiger partial charge in [-0.05, 0) is 35.7 Å². The van der Waals surface area contributed by atoms with Crippen molar-refractivity contribution in [3.63, 3.8) is 0 Å². The normalized spacial score (nSPS) is 10.2. The van der Waals surface area contributed by atoms with E-state index in [1.54, 1.807) is 19.1 Å². The molecular formula is C14H11NO2. The van der Waals surface area contributed by atoms with E-state index in [1.165, 1.54) is 0 Å². The molecule has 0 aliphatic carbocycles. The first-order chi connectivity index (χ1) is 8.07. The molecule has 0 bridgehead atoms. The van der Waals surface area contributed by atoms with Gasteiger partial charge in [0.05, 0.1) is 17.2 Å². The van der Waals surface area contributed by atoms with E-state index in [2.05, 4.69) is 6.07 Å². The van der Waals surface area contributed by atoms with Gasteiger partial charge in [0.2, 0.25) is 0 Å². The van der Waals surface area contributed by atoms with Crippen LogP contribution in [0.15, 0.2) is 24.3 Å². The molecule has 0 aromatic heterocycles. The summed E-state index contributed by atoms with van der Waals surface area (Å²) in [5.41, 5.74) is 2.06. The third-order valence-corrected chi connectivity index (χ3v) is 3.05. The number of aromatic carboxylic acids is 1. The lowest BCUT2D eigenvalue weighted by Gasteiger charge is -2.11. The van der Waals surface area contributed by atoms with Gasteiger partial charge in [-0.1, -0.05) is 24.3 Å². The van der Waals surface area contributed by atoms with Gasteiger partial charge in [-0.3, -0.25) is 0 Å². The molecule has 0 amide bonds. The maximum Gasteiger partial charge on any atom is 0.336 e. The van der Waals surface area contributed by atoms with Crippen molar-refractivity contribution in [3.05, 3.63) is 46.5 Å². The molecule has 0 fully saturated rings. The lowest BCUT2D eigenvalue weighted by Crippen LogP contribution is -2.05. The summed E-state index contributed by atoms with van der Waals surface area (Å²) in [7, 11) is 0. The van der Waals surface area contributed by atoms with E-state index in [4.69, 9.17) is 5.26 Å². The zero-order valence-corrected chi connectivity index (χ0v) is 9.61. The molecule has 0 saturated heterocycles. The van der Waals surface area contributed by atoms with Crippen LogP contribution in [0.25, 0.3) is 10.8 Å². The number of hydrogen-bond donors (Lipinski definition) is 1. The predicted molar refractivity (Wildman–Crippen MR) is 65.1 cm³/mol. The van der Waals surface area contributed by atoms with Crippen LogP contribution in [0.3, 0.4) is 0 Å². The van der Waals surface area contributed by atoms with Crippen molar-refractivity contribution < 1.29 is 9.90 Å². The molecule has 2 aromatic carbocycles. The Morgan fingerprint density at radius 2 is 1.76 bits per heavy atom. The summed E-state index contributed by atoms with van der Waals surface area (Å²) in [6, 6.07) is 9.36. The first-order valence-electron chi connectivity index (χ1n) is 5.23. The average Bonchev–Trinajstić information content (AvgIpc) is 2.29. The van der Waals surface area contributed by atoms with Crippen molar-refractivity contribution in [1.82, 2.24) is 0 Å². The fourth-order valence-electron chi connectivity index (χ4n) is 2.21. The quantitative estimate of drug-likeness (QED) is 0.811. The molecule has 17 heavy (non-hydrogen) atoms. The summed E-state index contributed by atoms with van der Waals surface area (Å²) in [6.07, 6.45) is 0. The smallest absolute Gasteiger partial charge is 0.336 e. The van der Waals surface area contributed by atoms with Gasteiger partial charge in [0.25, 0.3) is 0 Å². The van der Waals surface area contributed by atoms with E-state index in [0.29, 0.717) is 16.5 Å². The summed E-state index contributed by atoms with van der Waals surface area (Å²) in [6.45, 7) is 3.53. The first-order valence-corrected chi connectivity index (χ1v) is 5.23. The topological polar surface area (TPSA) is 61.1 Å². The van der Waals surface area contributed by atoms with Crippen LogP contribution in [-0.2, 0) is 0 Å². The van der Waals surface area contributed by atoms with Crippen molar-refractivity contribution >= 4 is 16.7 Å². The molecule has 0 heterocycles. The van der Waals surface area contributed by atoms with Crippen molar-refractivity contribution in [2.45, 2.75) is 13.8 Å². The Morgan fingerprint density at radius 3 is 2.29 bits per heavy atom. The molecule has 0 aliphatic rings. The van der Waals surface area contributed by atoms with E-state index >= 15 is 0 Å². The number of carbonyl (C=O) groups is 1. The number of rotatable bonds is 1. The van der Waals surface area contributed by atoms with Gasteiger partial charge in [0.1, 0.15) is 0 Å². The van der Waals surface area contributed by atoms with Gasteiger partial charge in [0.15, 0.2) is 0 Å². The standard InChI is InChI=1S/C14H11NO2/c1-8-10-5-3-4-6-11(10)13(14(16)17)9(2)12(8)7-15/h3-6H,1-2H3,(H,16,17). The van der Waals surface area contributed by atoms with Gasteiger partial charge >= 0.3 is 5.97 Å². The van der Waals surface area contributed by atoms with Crippen molar-refractivity contribution in [2.24, 2.45) is 0 Å². The number of benzene rings is 2. The molecule has 0 atom stereocenters. The van der Waals surface area contributed by atoms with Crippen molar-refractivity contribution in [2.75, 3.05) is 0 Å². The highest BCUT2D eigenvalue weighted by molar-refractivity contribution is 6.07. The minimum absolute atomic E-state index is 0.225. The Bertz CT molecular complexity index is 666. The lowest BCUT2D eigenvalue weighted by molar-refractivity contribution is 0.0698. The number of hydrogen-bond acceptors (Lipinski definition) is 2. The van der Waals surface area contributed by atoms with Gasteiger partial charge in [0, 0.05) is 0 Å². The second-order valence-corrected chi connectivity index (χ2v) is 3.96. The predicted octanol–water partition coefficient (Wildman–Crippen LogP) is 3.03. The Hall–Kier alpha value is -2.34. The minimum Gasteiger partial charge on any atom is -0.478 e. The summed E-state index contributed by atoms with van der Waals surface area (Å²) in [5.74, 6) is -0.991. The Kier molecular flexibility index (Phi) is 2.57. The Balaban J connectivity index is 3.08. The number of fused-ring (bicyclic) bond motifs is 1. The summed E-state index contributed by atoms with van der Waals surface area (Å²) < 4.78 is 0. The number of carboxylic acids is 1. The highest BCUT2D eigenvalue weighted by Gasteiger charge is 2.18. The van der Waals surface area contributed by atoms with Gasteiger partial charge < -0.3 is 5.11 Å². The molecule has 2 aromatic rings. The zero-order valence-electron chi connectivity index (χ0n) is 9.61. The maximum absolute atomic E-state index is 11.3. The third kappa shape index (κ3) is 1.55. The third-order valence-electron chi connectivity index (χ3n) is 3.05. The largest absolute Gasteiger partial charge is 0.478 e. The van der Waals surface area contributed by atoms with Crippen LogP contribution in [0.4, 0.5) is 0 Å². The number of aryl methyl sites for hydroxylation is 1. The first kappa shape index (κ1) is 11.2. The number of nitrogens with zero attached hydrogens (tertiary/aromatic N) is 1. The van der Waals surface area contributed by atoms with Crippen LogP contribution < -0.4 is 0 Å². The van der Waals surface area contributed by atoms with Crippen LogP contribution in [0.5, 0.6) is 0 Å². The fourth-order valence-corrected chi connectivity index (χ4v) is 2.21. The lowest BCUT2D eigenvalue weighted by atomic mass is 9.91. The van der Waals surface area contributed by atoms with E-state index in [1.807, 2.05) is 19.1 Å². The van der Waals surface area contributed by atoms with Crippen LogP contribution >= 0.6 is 0 Å². The fraction of sp³-hybridized carbons (Fsp3) is 0.143. The van der Waals surface area contributed by atoms with Crippen LogP contribution in [0, 0.1) is 25.2 Å². The zero-order chi connectivity index (χ0) is 12.6. The SMILES string of the molecule is Cc1c(C#N)c(C)c2ccccc2c1C(=O)O. The van der Waals surface area contributed by atoms with Crippen molar-refractivity contribution in [1.29, 1.82) is 5.26 Å². The molecule has 2 rings (SSSR count). The Labute approximate surface area is 98.9 Å². The van der Waals surface area contributed by atoms with E-state index in [0.717, 1.165) is 10.9 Å².